The molecule has 0 aliphatic carbocycles. The summed E-state index contributed by atoms with van der Waals surface area (Å²) in [6.45, 7) is -0.789. The Morgan fingerprint density at radius 3 is 2.52 bits per heavy atom. The summed E-state index contributed by atoms with van der Waals surface area (Å²) in [7, 11) is -4.38. The molecule has 2 N–H and O–H groups in total. The summed E-state index contributed by atoms with van der Waals surface area (Å²) in [5, 5.41) is 0. The summed E-state index contributed by atoms with van der Waals surface area (Å²) >= 11 is 0. The molecular weight excluding hydrogens is 312 g/mol. The highest BCUT2D eigenvalue weighted by Gasteiger charge is 2.45. The van der Waals surface area contributed by atoms with Gasteiger partial charge in [-0.05, 0) is 25.0 Å². The van der Waals surface area contributed by atoms with Crippen LogP contribution >= 0.6 is 0 Å². The van der Waals surface area contributed by atoms with E-state index in [1.807, 2.05) is 0 Å². The molecule has 1 unspecified atom stereocenters. The second-order valence-electron chi connectivity index (χ2n) is 4.90. The summed E-state index contributed by atoms with van der Waals surface area (Å²) in [6, 6.07) is 3.34. The van der Waals surface area contributed by atoms with Crippen LogP contribution in [0.1, 0.15) is 12.8 Å². The smallest absolute Gasteiger partial charge is 0.393 e. The first-order valence-corrected chi connectivity index (χ1v) is 7.69. The second kappa shape index (κ2) is 5.45. The topological polar surface area (TPSA) is 63.4 Å². The maximum absolute atomic E-state index is 13.7. The van der Waals surface area contributed by atoms with Gasteiger partial charge in [-0.15, -0.1) is 0 Å². The van der Waals surface area contributed by atoms with Crippen LogP contribution < -0.4 is 5.73 Å². The predicted octanol–water partition coefficient (Wildman–Crippen LogP) is 2.37. The van der Waals surface area contributed by atoms with Crippen LogP contribution in [-0.4, -0.2) is 32.0 Å². The van der Waals surface area contributed by atoms with Crippen LogP contribution in [0.25, 0.3) is 0 Å². The van der Waals surface area contributed by atoms with Crippen LogP contribution in [0.5, 0.6) is 0 Å². The lowest BCUT2D eigenvalue weighted by molar-refractivity contribution is -0.182. The van der Waals surface area contributed by atoms with E-state index in [4.69, 9.17) is 5.73 Å². The van der Waals surface area contributed by atoms with Crippen molar-refractivity contribution in [2.75, 3.05) is 18.8 Å². The summed E-state index contributed by atoms with van der Waals surface area (Å²) in [4.78, 5) is -0.757. The van der Waals surface area contributed by atoms with Gasteiger partial charge in [0.15, 0.2) is 0 Å². The van der Waals surface area contributed by atoms with E-state index in [0.29, 0.717) is 4.31 Å². The number of nitrogen functional groups attached to an aromatic ring is 1. The van der Waals surface area contributed by atoms with E-state index in [1.165, 1.54) is 12.1 Å². The lowest BCUT2D eigenvalue weighted by Crippen LogP contribution is -2.44. The minimum atomic E-state index is -4.48. The van der Waals surface area contributed by atoms with Gasteiger partial charge in [0, 0.05) is 13.1 Å². The van der Waals surface area contributed by atoms with Gasteiger partial charge < -0.3 is 5.73 Å². The molecule has 1 aromatic rings. The minimum absolute atomic E-state index is 0.0672. The minimum Gasteiger partial charge on any atom is -0.398 e. The van der Waals surface area contributed by atoms with Crippen molar-refractivity contribution < 1.29 is 26.0 Å². The van der Waals surface area contributed by atoms with Crippen molar-refractivity contribution in [2.45, 2.75) is 23.9 Å². The van der Waals surface area contributed by atoms with Crippen molar-refractivity contribution in [3.63, 3.8) is 0 Å². The molecule has 0 bridgehead atoms. The lowest BCUT2D eigenvalue weighted by atomic mass is 9.99. The van der Waals surface area contributed by atoms with Crippen LogP contribution in [0.2, 0.25) is 0 Å². The first kappa shape index (κ1) is 16.0. The number of sulfonamides is 1. The van der Waals surface area contributed by atoms with Gasteiger partial charge in [-0.1, -0.05) is 6.07 Å². The number of halogens is 4. The second-order valence-corrected chi connectivity index (χ2v) is 6.78. The maximum atomic E-state index is 13.7. The summed E-state index contributed by atoms with van der Waals surface area (Å²) in [5.74, 6) is -2.81. The van der Waals surface area contributed by atoms with Gasteiger partial charge in [0.2, 0.25) is 10.0 Å². The van der Waals surface area contributed by atoms with Gasteiger partial charge in [-0.2, -0.15) is 17.5 Å². The molecule has 2 rings (SSSR count). The number of anilines is 1. The van der Waals surface area contributed by atoms with E-state index in [2.05, 4.69) is 0 Å². The van der Waals surface area contributed by atoms with E-state index in [0.717, 1.165) is 6.07 Å². The average Bonchev–Trinajstić information content (AvgIpc) is 2.37. The highest BCUT2D eigenvalue weighted by molar-refractivity contribution is 7.89. The molecule has 1 atom stereocenters. The molecular formula is C12H14F4N2O2S. The third-order valence-corrected chi connectivity index (χ3v) is 5.40. The van der Waals surface area contributed by atoms with E-state index in [1.54, 1.807) is 0 Å². The lowest BCUT2D eigenvalue weighted by Gasteiger charge is -2.33. The van der Waals surface area contributed by atoms with Crippen molar-refractivity contribution in [3.8, 4) is 0 Å². The van der Waals surface area contributed by atoms with Gasteiger partial charge in [-0.3, -0.25) is 0 Å². The standard InChI is InChI=1S/C12H14F4N2O2S/c13-9-4-1-5-10(17)11(9)21(19,20)18-6-2-3-8(7-18)12(14,15)16/h1,4-5,8H,2-3,6-7,17H2. The number of rotatable bonds is 2. The molecule has 118 valence electrons. The van der Waals surface area contributed by atoms with Gasteiger partial charge >= 0.3 is 6.18 Å². The Labute approximate surface area is 119 Å². The molecule has 0 spiro atoms. The molecule has 1 aliphatic heterocycles. The predicted molar refractivity (Wildman–Crippen MR) is 68.4 cm³/mol. The van der Waals surface area contributed by atoms with Crippen molar-refractivity contribution >= 4 is 15.7 Å². The van der Waals surface area contributed by atoms with Crippen molar-refractivity contribution in [1.82, 2.24) is 4.31 Å². The zero-order valence-electron chi connectivity index (χ0n) is 10.9. The highest BCUT2D eigenvalue weighted by atomic mass is 32.2. The molecule has 9 heteroatoms. The number of hydrogen-bond donors (Lipinski definition) is 1. The van der Waals surface area contributed by atoms with E-state index >= 15 is 0 Å². The monoisotopic (exact) mass is 326 g/mol. The molecule has 4 nitrogen and oxygen atoms in total. The molecule has 0 saturated carbocycles. The van der Waals surface area contributed by atoms with Crippen LogP contribution in [-0.2, 0) is 10.0 Å². The summed E-state index contributed by atoms with van der Waals surface area (Å²) in [6.07, 6.45) is -4.55. The number of nitrogens with zero attached hydrogens (tertiary/aromatic N) is 1. The van der Waals surface area contributed by atoms with Crippen LogP contribution in [0.3, 0.4) is 0 Å². The number of piperidine rings is 1. The molecule has 0 aromatic heterocycles. The molecule has 1 fully saturated rings. The van der Waals surface area contributed by atoms with Crippen LogP contribution in [0.4, 0.5) is 23.2 Å². The highest BCUT2D eigenvalue weighted by Crippen LogP contribution is 2.36. The fourth-order valence-electron chi connectivity index (χ4n) is 2.35. The maximum Gasteiger partial charge on any atom is 0.393 e. The van der Waals surface area contributed by atoms with Crippen LogP contribution in [0, 0.1) is 11.7 Å². The Hall–Kier alpha value is -1.35. The van der Waals surface area contributed by atoms with Gasteiger partial charge in [-0.25, -0.2) is 12.8 Å². The zero-order chi connectivity index (χ0) is 15.8. The third-order valence-electron chi connectivity index (χ3n) is 3.44. The molecule has 1 aliphatic rings. The van der Waals surface area contributed by atoms with E-state index < -0.39 is 39.4 Å². The van der Waals surface area contributed by atoms with Gasteiger partial charge in [0.05, 0.1) is 11.6 Å². The van der Waals surface area contributed by atoms with Gasteiger partial charge in [0.25, 0.3) is 0 Å². The fourth-order valence-corrected chi connectivity index (χ4v) is 4.04. The Kier molecular flexibility index (Phi) is 4.16. The van der Waals surface area contributed by atoms with Crippen molar-refractivity contribution in [3.05, 3.63) is 24.0 Å². The fraction of sp³-hybridized carbons (Fsp3) is 0.500. The summed E-state index contributed by atoms with van der Waals surface area (Å²) < 4.78 is 77.3. The normalized spacial score (nSPS) is 21.4. The Balaban J connectivity index is 2.36. The van der Waals surface area contributed by atoms with E-state index in [9.17, 15) is 26.0 Å². The first-order chi connectivity index (χ1) is 9.64. The van der Waals surface area contributed by atoms with Crippen LogP contribution in [0.15, 0.2) is 23.1 Å². The molecule has 0 amide bonds. The average molecular weight is 326 g/mol. The SMILES string of the molecule is Nc1cccc(F)c1S(=O)(=O)N1CCCC(C(F)(F)F)C1. The van der Waals surface area contributed by atoms with E-state index in [-0.39, 0.29) is 25.1 Å². The first-order valence-electron chi connectivity index (χ1n) is 6.25. The molecule has 21 heavy (non-hydrogen) atoms. The van der Waals surface area contributed by atoms with Gasteiger partial charge in [0.1, 0.15) is 10.7 Å². The van der Waals surface area contributed by atoms with Crippen molar-refractivity contribution in [2.24, 2.45) is 5.92 Å². The number of benzene rings is 1. The molecule has 1 heterocycles. The Bertz CT molecular complexity index is 610. The Morgan fingerprint density at radius 1 is 1.29 bits per heavy atom. The third kappa shape index (κ3) is 3.13. The van der Waals surface area contributed by atoms with Crippen molar-refractivity contribution in [1.29, 1.82) is 0 Å². The number of alkyl halides is 3. The molecule has 1 saturated heterocycles. The summed E-state index contributed by atoms with van der Waals surface area (Å²) in [5.41, 5.74) is 5.15. The largest absolute Gasteiger partial charge is 0.398 e. The number of nitrogens with two attached hydrogens (primary N) is 1. The number of hydrogen-bond acceptors (Lipinski definition) is 3. The molecule has 1 aromatic carbocycles. The Morgan fingerprint density at radius 2 is 1.95 bits per heavy atom. The quantitative estimate of drug-likeness (QED) is 0.670. The molecule has 0 radical (unpaired) electrons. The zero-order valence-corrected chi connectivity index (χ0v) is 11.7.